The lowest BCUT2D eigenvalue weighted by molar-refractivity contribution is -0.336. The summed E-state index contributed by atoms with van der Waals surface area (Å²) in [5.74, 6) is -9.15. The summed E-state index contributed by atoms with van der Waals surface area (Å²) in [6, 6.07) is 8.34. The van der Waals surface area contributed by atoms with E-state index in [2.05, 4.69) is 32.4 Å². The number of nitrogens with two attached hydrogens (primary N) is 2. The van der Waals surface area contributed by atoms with Crippen LogP contribution in [0.2, 0.25) is 5.02 Å². The molecular weight excluding hydrogens is 599 g/mol. The van der Waals surface area contributed by atoms with Crippen LogP contribution < -0.4 is 22.2 Å². The first kappa shape index (κ1) is 32.1. The average molecular weight is 622 g/mol. The van der Waals surface area contributed by atoms with Crippen molar-refractivity contribution in [3.8, 4) is 5.82 Å². The smallest absolute Gasteiger partial charge is 0.380 e. The summed E-state index contributed by atoms with van der Waals surface area (Å²) in [5.41, 5.74) is 8.97. The van der Waals surface area contributed by atoms with Gasteiger partial charge in [0.15, 0.2) is 11.7 Å². The zero-order valence-corrected chi connectivity index (χ0v) is 22.5. The Bertz CT molecular complexity index is 1520. The molecule has 1 amide bonds. The van der Waals surface area contributed by atoms with Crippen LogP contribution in [0.1, 0.15) is 27.3 Å². The zero-order chi connectivity index (χ0) is 31.6. The minimum absolute atomic E-state index is 0.0278. The Labute approximate surface area is 238 Å². The lowest BCUT2D eigenvalue weighted by Gasteiger charge is -2.28. The van der Waals surface area contributed by atoms with Crippen LogP contribution >= 0.6 is 11.6 Å². The molecule has 0 spiro atoms. The van der Waals surface area contributed by atoms with E-state index in [-0.39, 0.29) is 27.6 Å². The zero-order valence-electron chi connectivity index (χ0n) is 21.8. The van der Waals surface area contributed by atoms with E-state index in [1.807, 2.05) is 19.1 Å². The number of carbonyl (C=O) groups excluding carboxylic acids is 1. The van der Waals surface area contributed by atoms with Gasteiger partial charge in [-0.15, -0.1) is 5.10 Å². The molecule has 18 heteroatoms. The maximum atomic E-state index is 13.5. The van der Waals surface area contributed by atoms with Gasteiger partial charge in [0.05, 0.1) is 39.9 Å². The van der Waals surface area contributed by atoms with E-state index in [1.54, 1.807) is 13.1 Å². The summed E-state index contributed by atoms with van der Waals surface area (Å²) >= 11 is 6.02. The molecule has 3 heterocycles. The molecule has 4 rings (SSSR count). The number of amides is 1. The molecule has 0 fully saturated rings. The first-order valence-electron chi connectivity index (χ1n) is 11.6. The van der Waals surface area contributed by atoms with Crippen LogP contribution in [0.15, 0.2) is 48.2 Å². The minimum Gasteiger partial charge on any atom is -0.380 e. The number of rotatable bonds is 8. The van der Waals surface area contributed by atoms with Gasteiger partial charge in [0.25, 0.3) is 5.91 Å². The number of hydrazone groups is 1. The largest absolute Gasteiger partial charge is 0.460 e. The lowest BCUT2D eigenvalue weighted by atomic mass is 10.1. The van der Waals surface area contributed by atoms with Crippen molar-refractivity contribution in [3.05, 3.63) is 70.6 Å². The molecular formula is C24H23ClF7N9O. The molecule has 0 unspecified atom stereocenters. The van der Waals surface area contributed by atoms with Gasteiger partial charge >= 0.3 is 18.0 Å². The number of aromatic nitrogens is 3. The van der Waals surface area contributed by atoms with Crippen molar-refractivity contribution in [1.82, 2.24) is 25.2 Å². The highest BCUT2D eigenvalue weighted by atomic mass is 35.5. The van der Waals surface area contributed by atoms with E-state index in [1.165, 1.54) is 29.1 Å². The molecule has 1 aromatic carbocycles. The van der Waals surface area contributed by atoms with Gasteiger partial charge in [-0.3, -0.25) is 4.79 Å². The molecule has 3 aromatic rings. The van der Waals surface area contributed by atoms with Gasteiger partial charge in [0.2, 0.25) is 0 Å². The maximum Gasteiger partial charge on any atom is 0.460 e. The standard InChI is InChI=1S/C15H13ClF7N7.C9H10N2O/c1-2-9-6-8(27-30(9)11-10(16)4-3-5-26-11)7-29(25)28-12(24)13(17,18)14(19,20)15(21,22)23;1-5-3-6(9(12)10-2)8-7(4-5)11-8/h2-6H,1,7,25H2,(H2,24,28);3-4,11H,1-2H3,(H,10,12). The fourth-order valence-corrected chi connectivity index (χ4v) is 3.62. The number of aryl methyl sites for hydroxylation is 1. The minimum atomic E-state index is -6.56. The van der Waals surface area contributed by atoms with Crippen molar-refractivity contribution in [2.24, 2.45) is 16.7 Å². The Morgan fingerprint density at radius 1 is 1.24 bits per heavy atom. The molecule has 0 saturated carbocycles. The fraction of sp³-hybridized carbons (Fsp3) is 0.250. The number of nitrogens with zero attached hydrogens (tertiary/aromatic N) is 5. The summed E-state index contributed by atoms with van der Waals surface area (Å²) in [5, 5.41) is 12.8. The van der Waals surface area contributed by atoms with Gasteiger partial charge in [0, 0.05) is 13.2 Å². The second-order valence-corrected chi connectivity index (χ2v) is 9.06. The van der Waals surface area contributed by atoms with Gasteiger partial charge in [-0.2, -0.15) is 35.8 Å². The van der Waals surface area contributed by atoms with Gasteiger partial charge < -0.3 is 16.4 Å². The third-order valence-corrected chi connectivity index (χ3v) is 5.82. The molecule has 42 heavy (non-hydrogen) atoms. The van der Waals surface area contributed by atoms with E-state index in [9.17, 15) is 35.5 Å². The molecule has 0 atom stereocenters. The van der Waals surface area contributed by atoms with Gasteiger partial charge in [-0.05, 0) is 48.9 Å². The van der Waals surface area contributed by atoms with Gasteiger partial charge in [-0.1, -0.05) is 18.2 Å². The third-order valence-electron chi connectivity index (χ3n) is 5.52. The van der Waals surface area contributed by atoms with Crippen LogP contribution in [0.3, 0.4) is 0 Å². The second-order valence-electron chi connectivity index (χ2n) is 8.65. The van der Waals surface area contributed by atoms with Crippen molar-refractivity contribution >= 4 is 40.8 Å². The molecule has 0 radical (unpaired) electrons. The van der Waals surface area contributed by atoms with Gasteiger partial charge in [-0.25, -0.2) is 20.6 Å². The van der Waals surface area contributed by atoms with Crippen LogP contribution in [0, 0.1) is 6.92 Å². The summed E-state index contributed by atoms with van der Waals surface area (Å²) in [4.78, 5) is 15.3. The number of anilines is 2. The van der Waals surface area contributed by atoms with E-state index in [0.717, 1.165) is 22.5 Å². The number of fused-ring (bicyclic) bond motifs is 1. The van der Waals surface area contributed by atoms with E-state index in [0.29, 0.717) is 5.69 Å². The Morgan fingerprint density at radius 3 is 2.48 bits per heavy atom. The SMILES string of the molecule is C=Cc1cc(CN(N)/N=C(\N)C(F)(F)C(F)(F)C(F)(F)F)nn1-c1ncccc1Cl.CNC(=O)c1cc(C)cc2c1N2. The number of amidine groups is 1. The first-order chi connectivity index (χ1) is 19.4. The summed E-state index contributed by atoms with van der Waals surface area (Å²) in [6.07, 6.45) is -3.80. The maximum absolute atomic E-state index is 13.5. The van der Waals surface area contributed by atoms with Crippen LogP contribution in [-0.2, 0) is 6.54 Å². The molecule has 0 aliphatic carbocycles. The topological polar surface area (TPSA) is 149 Å². The lowest BCUT2D eigenvalue weighted by Crippen LogP contribution is -2.59. The quantitative estimate of drug-likeness (QED) is 0.0554. The Morgan fingerprint density at radius 2 is 1.90 bits per heavy atom. The molecule has 2 aromatic heterocycles. The molecule has 1 aliphatic rings. The van der Waals surface area contributed by atoms with Crippen molar-refractivity contribution in [2.45, 2.75) is 31.5 Å². The monoisotopic (exact) mass is 621 g/mol. The molecule has 6 N–H and O–H groups in total. The predicted molar refractivity (Wildman–Crippen MR) is 142 cm³/mol. The first-order valence-corrected chi connectivity index (χ1v) is 12.0. The number of halogens is 8. The van der Waals surface area contributed by atoms with E-state index < -0.39 is 30.4 Å². The molecule has 0 saturated heterocycles. The van der Waals surface area contributed by atoms with Crippen LogP contribution in [0.5, 0.6) is 0 Å². The van der Waals surface area contributed by atoms with Crippen LogP contribution in [0.4, 0.5) is 42.1 Å². The van der Waals surface area contributed by atoms with Crippen molar-refractivity contribution in [1.29, 1.82) is 0 Å². The van der Waals surface area contributed by atoms with Crippen LogP contribution in [-0.4, -0.2) is 56.7 Å². The van der Waals surface area contributed by atoms with E-state index in [4.69, 9.17) is 23.2 Å². The molecule has 0 bridgehead atoms. The number of pyridine rings is 1. The summed E-state index contributed by atoms with van der Waals surface area (Å²) in [7, 11) is 1.64. The highest BCUT2D eigenvalue weighted by molar-refractivity contribution is 6.32. The number of carbonyl (C=O) groups is 1. The highest BCUT2D eigenvalue weighted by Crippen LogP contribution is 2.46. The third kappa shape index (κ3) is 6.57. The summed E-state index contributed by atoms with van der Waals surface area (Å²) < 4.78 is 91.0. The number of hydrogen-bond acceptors (Lipinski definition) is 7. The fourth-order valence-electron chi connectivity index (χ4n) is 3.42. The number of nitrogens with one attached hydrogen (secondary N) is 2. The van der Waals surface area contributed by atoms with Crippen LogP contribution in [0.25, 0.3) is 11.9 Å². The van der Waals surface area contributed by atoms with Crippen molar-refractivity contribution < 1.29 is 35.5 Å². The second kappa shape index (κ2) is 11.8. The Hall–Kier alpha value is -4.38. The molecule has 1 aliphatic heterocycles. The normalized spacial score (nSPS) is 12.9. The predicted octanol–water partition coefficient (Wildman–Crippen LogP) is 4.76. The average Bonchev–Trinajstić information content (AvgIpc) is 3.57. The number of hydrogen-bond donors (Lipinski definition) is 4. The summed E-state index contributed by atoms with van der Waals surface area (Å²) in [6.45, 7) is 4.95. The van der Waals surface area contributed by atoms with Crippen molar-refractivity contribution in [3.63, 3.8) is 0 Å². The highest BCUT2D eigenvalue weighted by Gasteiger charge is 2.75. The van der Waals surface area contributed by atoms with E-state index >= 15 is 0 Å². The molecule has 226 valence electrons. The van der Waals surface area contributed by atoms with Gasteiger partial charge in [0.1, 0.15) is 0 Å². The Balaban J connectivity index is 0.000000332. The molecule has 10 nitrogen and oxygen atoms in total. The number of hydrazine groups is 1. The number of alkyl halides is 7. The Kier molecular flexibility index (Phi) is 9.07. The van der Waals surface area contributed by atoms with Crippen molar-refractivity contribution in [2.75, 3.05) is 12.4 Å². The number of benzene rings is 1.